The maximum atomic E-state index is 13.6. The lowest BCUT2D eigenvalue weighted by Crippen LogP contribution is -2.37. The first-order valence-corrected chi connectivity index (χ1v) is 11.5. The van der Waals surface area contributed by atoms with E-state index in [1.807, 2.05) is 0 Å². The average Bonchev–Trinajstić information content (AvgIpc) is 3.16. The number of hydrogen-bond donors (Lipinski definition) is 0. The van der Waals surface area contributed by atoms with Crippen molar-refractivity contribution in [2.75, 3.05) is 13.7 Å². The standard InChI is InChI=1S/C27H20F3N3O5/c1-15(32-25(35)19-7-5-9-21(22(19)26(32)36)38-14-27(28,29)30)23-31-20-8-4-3-6-18(20)24(34)33(23)16-10-12-17(37-2)13-11-16/h3-13,15H,14H2,1-2H3. The molecule has 0 saturated carbocycles. The van der Waals surface area contributed by atoms with Crippen LogP contribution in [0.25, 0.3) is 16.6 Å². The number of benzene rings is 3. The SMILES string of the molecule is COc1ccc(-n2c(C(C)N3C(=O)c4cccc(OCC(F)(F)F)c4C3=O)nc3ccccc3c2=O)cc1. The van der Waals surface area contributed by atoms with Gasteiger partial charge in [-0.15, -0.1) is 0 Å². The molecule has 5 rings (SSSR count). The van der Waals surface area contributed by atoms with Crippen LogP contribution in [0.5, 0.6) is 11.5 Å². The topological polar surface area (TPSA) is 90.7 Å². The maximum absolute atomic E-state index is 13.6. The number of halogens is 3. The summed E-state index contributed by atoms with van der Waals surface area (Å²) in [4.78, 5) is 45.9. The summed E-state index contributed by atoms with van der Waals surface area (Å²) in [7, 11) is 1.50. The quantitative estimate of drug-likeness (QED) is 0.341. The molecule has 0 N–H and O–H groups in total. The molecule has 0 spiro atoms. The van der Waals surface area contributed by atoms with Gasteiger partial charge in [0.15, 0.2) is 6.61 Å². The number of ether oxygens (including phenoxy) is 2. The molecule has 0 aliphatic carbocycles. The molecular weight excluding hydrogens is 503 g/mol. The van der Waals surface area contributed by atoms with Crippen LogP contribution in [0.3, 0.4) is 0 Å². The van der Waals surface area contributed by atoms with Crippen molar-refractivity contribution in [3.63, 3.8) is 0 Å². The number of carbonyl (C=O) groups excluding carboxylic acids is 2. The fourth-order valence-corrected chi connectivity index (χ4v) is 4.43. The summed E-state index contributed by atoms with van der Waals surface area (Å²) >= 11 is 0. The third-order valence-corrected chi connectivity index (χ3v) is 6.19. The molecule has 1 unspecified atom stereocenters. The summed E-state index contributed by atoms with van der Waals surface area (Å²) in [5, 5.41) is 0.324. The highest BCUT2D eigenvalue weighted by atomic mass is 19.4. The van der Waals surface area contributed by atoms with Crippen molar-refractivity contribution in [3.05, 3.63) is 94.0 Å². The van der Waals surface area contributed by atoms with E-state index in [0.29, 0.717) is 22.3 Å². The summed E-state index contributed by atoms with van der Waals surface area (Å²) < 4.78 is 49.7. The van der Waals surface area contributed by atoms with Gasteiger partial charge in [0, 0.05) is 0 Å². The molecule has 3 aromatic carbocycles. The third-order valence-electron chi connectivity index (χ3n) is 6.19. The lowest BCUT2D eigenvalue weighted by Gasteiger charge is -2.25. The van der Waals surface area contributed by atoms with Crippen LogP contribution in [0.4, 0.5) is 13.2 Å². The summed E-state index contributed by atoms with van der Waals surface area (Å²) in [5.74, 6) is -1.30. The summed E-state index contributed by atoms with van der Waals surface area (Å²) in [6, 6.07) is 16.0. The van der Waals surface area contributed by atoms with E-state index in [-0.39, 0.29) is 22.7 Å². The number of carbonyl (C=O) groups is 2. The normalized spacial score (nSPS) is 14.1. The Morgan fingerprint density at radius 1 is 0.921 bits per heavy atom. The number of rotatable bonds is 6. The van der Waals surface area contributed by atoms with E-state index >= 15 is 0 Å². The van der Waals surface area contributed by atoms with Gasteiger partial charge in [-0.25, -0.2) is 4.98 Å². The van der Waals surface area contributed by atoms with E-state index in [1.54, 1.807) is 48.5 Å². The van der Waals surface area contributed by atoms with Gasteiger partial charge in [-0.1, -0.05) is 18.2 Å². The Morgan fingerprint density at radius 3 is 2.32 bits per heavy atom. The zero-order valence-electron chi connectivity index (χ0n) is 20.2. The lowest BCUT2D eigenvalue weighted by molar-refractivity contribution is -0.153. The van der Waals surface area contributed by atoms with Crippen LogP contribution in [-0.2, 0) is 0 Å². The van der Waals surface area contributed by atoms with Crippen LogP contribution >= 0.6 is 0 Å². The van der Waals surface area contributed by atoms with E-state index in [4.69, 9.17) is 9.47 Å². The number of para-hydroxylation sites is 1. The molecule has 8 nitrogen and oxygen atoms in total. The van der Waals surface area contributed by atoms with Crippen LogP contribution < -0.4 is 15.0 Å². The minimum atomic E-state index is -4.63. The Balaban J connectivity index is 1.63. The number of amides is 2. The molecule has 1 atom stereocenters. The number of imide groups is 1. The zero-order valence-corrected chi connectivity index (χ0v) is 20.2. The minimum Gasteiger partial charge on any atom is -0.497 e. The highest BCUT2D eigenvalue weighted by Gasteiger charge is 2.43. The van der Waals surface area contributed by atoms with Crippen LogP contribution in [0.15, 0.2) is 71.5 Å². The zero-order chi connectivity index (χ0) is 27.2. The average molecular weight is 523 g/mol. The fourth-order valence-electron chi connectivity index (χ4n) is 4.43. The maximum Gasteiger partial charge on any atom is 0.422 e. The Morgan fingerprint density at radius 2 is 1.63 bits per heavy atom. The number of nitrogens with zero attached hydrogens (tertiary/aromatic N) is 3. The minimum absolute atomic E-state index is 0.0890. The van der Waals surface area contributed by atoms with E-state index in [9.17, 15) is 27.6 Å². The molecule has 0 fully saturated rings. The smallest absolute Gasteiger partial charge is 0.422 e. The van der Waals surface area contributed by atoms with Gasteiger partial charge in [0.2, 0.25) is 0 Å². The second-order valence-electron chi connectivity index (χ2n) is 8.56. The van der Waals surface area contributed by atoms with Gasteiger partial charge < -0.3 is 9.47 Å². The van der Waals surface area contributed by atoms with Crippen molar-refractivity contribution in [1.29, 1.82) is 0 Å². The largest absolute Gasteiger partial charge is 0.497 e. The Kier molecular flexibility index (Phi) is 6.14. The van der Waals surface area contributed by atoms with E-state index in [0.717, 1.165) is 4.90 Å². The molecule has 1 aliphatic heterocycles. The highest BCUT2D eigenvalue weighted by Crippen LogP contribution is 2.36. The molecule has 0 saturated heterocycles. The van der Waals surface area contributed by atoms with Crippen LogP contribution in [-0.4, -0.2) is 46.2 Å². The van der Waals surface area contributed by atoms with E-state index in [2.05, 4.69) is 4.98 Å². The molecule has 4 aromatic rings. The third kappa shape index (κ3) is 4.25. The summed E-state index contributed by atoms with van der Waals surface area (Å²) in [6.07, 6.45) is -4.63. The number of aromatic nitrogens is 2. The second-order valence-corrected chi connectivity index (χ2v) is 8.56. The molecule has 2 amide bonds. The molecule has 0 radical (unpaired) electrons. The van der Waals surface area contributed by atoms with Gasteiger partial charge in [0.25, 0.3) is 17.4 Å². The predicted octanol–water partition coefficient (Wildman–Crippen LogP) is 4.69. The van der Waals surface area contributed by atoms with Gasteiger partial charge in [0.1, 0.15) is 17.3 Å². The molecule has 194 valence electrons. The molecule has 38 heavy (non-hydrogen) atoms. The van der Waals surface area contributed by atoms with Crippen molar-refractivity contribution in [3.8, 4) is 17.2 Å². The first kappa shape index (κ1) is 25.0. The number of hydrogen-bond acceptors (Lipinski definition) is 6. The number of fused-ring (bicyclic) bond motifs is 2. The van der Waals surface area contributed by atoms with Crippen LogP contribution in [0.2, 0.25) is 0 Å². The first-order valence-electron chi connectivity index (χ1n) is 11.5. The van der Waals surface area contributed by atoms with Gasteiger partial charge in [0.05, 0.1) is 40.9 Å². The molecule has 11 heteroatoms. The van der Waals surface area contributed by atoms with Gasteiger partial charge >= 0.3 is 6.18 Å². The molecule has 2 heterocycles. The fraction of sp³-hybridized carbons (Fsp3) is 0.185. The van der Waals surface area contributed by atoms with Crippen molar-refractivity contribution in [1.82, 2.24) is 14.5 Å². The monoisotopic (exact) mass is 523 g/mol. The van der Waals surface area contributed by atoms with Crippen molar-refractivity contribution >= 4 is 22.7 Å². The Hall–Kier alpha value is -4.67. The van der Waals surface area contributed by atoms with Crippen molar-refractivity contribution < 1.29 is 32.2 Å². The van der Waals surface area contributed by atoms with Crippen molar-refractivity contribution in [2.24, 2.45) is 0 Å². The highest BCUT2D eigenvalue weighted by molar-refractivity contribution is 6.22. The van der Waals surface area contributed by atoms with Crippen LogP contribution in [0.1, 0.15) is 39.5 Å². The summed E-state index contributed by atoms with van der Waals surface area (Å²) in [6.45, 7) is -0.0990. The van der Waals surface area contributed by atoms with E-state index in [1.165, 1.54) is 36.8 Å². The molecule has 1 aromatic heterocycles. The Labute approximate surface area is 213 Å². The summed E-state index contributed by atoms with van der Waals surface area (Å²) in [5.41, 5.74) is -0.0153. The molecule has 1 aliphatic rings. The number of alkyl halides is 3. The Bertz CT molecular complexity index is 1630. The van der Waals surface area contributed by atoms with Gasteiger partial charge in [-0.3, -0.25) is 23.9 Å². The van der Waals surface area contributed by atoms with E-state index < -0.39 is 36.2 Å². The predicted molar refractivity (Wildman–Crippen MR) is 131 cm³/mol. The second kappa shape index (κ2) is 9.33. The molecule has 0 bridgehead atoms. The lowest BCUT2D eigenvalue weighted by atomic mass is 10.1. The van der Waals surface area contributed by atoms with Gasteiger partial charge in [-0.2, -0.15) is 13.2 Å². The van der Waals surface area contributed by atoms with Crippen molar-refractivity contribution in [2.45, 2.75) is 19.1 Å². The van der Waals surface area contributed by atoms with Gasteiger partial charge in [-0.05, 0) is 55.5 Å². The molecular formula is C27H20F3N3O5. The number of methoxy groups -OCH3 is 1. The van der Waals surface area contributed by atoms with Crippen LogP contribution in [0, 0.1) is 0 Å². The first-order chi connectivity index (χ1) is 18.1.